The molecule has 0 fully saturated rings. The molecule has 0 rings (SSSR count). The van der Waals surface area contributed by atoms with Gasteiger partial charge in [-0.1, -0.05) is 0 Å². The molecule has 0 aliphatic carbocycles. The van der Waals surface area contributed by atoms with Crippen molar-refractivity contribution in [2.45, 2.75) is 6.92 Å². The quantitative estimate of drug-likeness (QED) is 0.325. The van der Waals surface area contributed by atoms with Crippen LogP contribution in [0.1, 0.15) is 6.92 Å². The lowest BCUT2D eigenvalue weighted by atomic mass is 10.9. The molecular weight excluding hydrogens is 180 g/mol. The van der Waals surface area contributed by atoms with E-state index in [0.717, 1.165) is 6.92 Å². The van der Waals surface area contributed by atoms with Gasteiger partial charge in [-0.2, -0.15) is 8.42 Å². The number of rotatable bonds is 0. The molecule has 9 heteroatoms. The van der Waals surface area contributed by atoms with Crippen LogP contribution in [0.25, 0.3) is 0 Å². The summed E-state index contributed by atoms with van der Waals surface area (Å²) in [4.78, 5) is 9.00. The lowest BCUT2D eigenvalue weighted by molar-refractivity contribution is -0.134. The third kappa shape index (κ3) is 891. The molecule has 0 spiro atoms. The van der Waals surface area contributed by atoms with E-state index in [1.54, 1.807) is 0 Å². The number of aliphatic carboxylic acids is 1. The first-order valence-corrected chi connectivity index (χ1v) is 3.02. The molecule has 0 heterocycles. The van der Waals surface area contributed by atoms with Crippen LogP contribution in [0.2, 0.25) is 0 Å². The van der Waals surface area contributed by atoms with Crippen LogP contribution in [-0.2, 0) is 15.2 Å². The maximum Gasteiger partial charge on any atom is 0.394 e. The second kappa shape index (κ2) is 9.26. The van der Waals surface area contributed by atoms with E-state index in [-0.39, 0.29) is 12.3 Å². The zero-order valence-corrected chi connectivity index (χ0v) is 6.71. The molecule has 0 bridgehead atoms. The second-order valence-corrected chi connectivity index (χ2v) is 1.86. The summed E-state index contributed by atoms with van der Waals surface area (Å²) in [5.41, 5.74) is 0. The van der Waals surface area contributed by atoms with Gasteiger partial charge in [-0.05, 0) is 0 Å². The Bertz CT molecular complexity index is 161. The van der Waals surface area contributed by atoms with Crippen molar-refractivity contribution < 1.29 is 27.4 Å². The highest BCUT2D eigenvalue weighted by atomic mass is 32.3. The molecule has 0 radical (unpaired) electrons. The first-order valence-electron chi connectivity index (χ1n) is 1.63. The summed E-state index contributed by atoms with van der Waals surface area (Å²) in [7, 11) is -4.67. The molecule has 0 aromatic heterocycles. The minimum Gasteiger partial charge on any atom is -0.481 e. The van der Waals surface area contributed by atoms with Crippen LogP contribution in [-0.4, -0.2) is 28.6 Å². The van der Waals surface area contributed by atoms with E-state index in [1.165, 1.54) is 0 Å². The van der Waals surface area contributed by atoms with Crippen molar-refractivity contribution in [2.75, 3.05) is 0 Å². The van der Waals surface area contributed by atoms with E-state index in [2.05, 4.69) is 0 Å². The third-order valence-corrected chi connectivity index (χ3v) is 0. The van der Waals surface area contributed by atoms with Gasteiger partial charge in [0.05, 0.1) is 0 Å². The second-order valence-electron chi connectivity index (χ2n) is 0.967. The summed E-state index contributed by atoms with van der Waals surface area (Å²) in [5, 5.41) is 7.42. The molecule has 0 aliphatic heterocycles. The van der Waals surface area contributed by atoms with Gasteiger partial charge in [-0.15, -0.1) is 0 Å². The van der Waals surface area contributed by atoms with Gasteiger partial charge < -0.3 is 17.4 Å². The predicted octanol–water partition coefficient (Wildman–Crippen LogP) is -0.238. The lowest BCUT2D eigenvalue weighted by Crippen LogP contribution is -1.89. The topological polar surface area (TPSA) is 182 Å². The van der Waals surface area contributed by atoms with Gasteiger partial charge in [-0.3, -0.25) is 13.9 Å². The van der Waals surface area contributed by atoms with Gasteiger partial charge in [0.15, 0.2) is 0 Å². The van der Waals surface area contributed by atoms with Crippen LogP contribution in [0.5, 0.6) is 0 Å². The molecule has 11 heavy (non-hydrogen) atoms. The van der Waals surface area contributed by atoms with E-state index in [9.17, 15) is 0 Å². The van der Waals surface area contributed by atoms with Crippen molar-refractivity contribution in [1.82, 2.24) is 12.3 Å². The van der Waals surface area contributed by atoms with E-state index >= 15 is 0 Å². The molecule has 0 aromatic rings. The molecular formula is C2H12N2O6S. The van der Waals surface area contributed by atoms with Crippen LogP contribution < -0.4 is 12.3 Å². The number of hydrogen-bond donors (Lipinski definition) is 5. The molecule has 9 N–H and O–H groups in total. The van der Waals surface area contributed by atoms with Crippen LogP contribution in [0.15, 0.2) is 0 Å². The molecule has 0 saturated heterocycles. The van der Waals surface area contributed by atoms with Gasteiger partial charge in [0.1, 0.15) is 0 Å². The number of hydrogen-bond acceptors (Lipinski definition) is 5. The number of carbonyl (C=O) groups is 1. The van der Waals surface area contributed by atoms with Gasteiger partial charge >= 0.3 is 10.4 Å². The standard InChI is InChI=1S/C2H4O2.2H3N.H2O4S/c1-2(3)4;;;1-5(2,3)4/h1H3,(H,3,4);2*1H3;(H2,1,2,3,4). The van der Waals surface area contributed by atoms with Crippen LogP contribution in [0, 0.1) is 0 Å². The fourth-order valence-corrected chi connectivity index (χ4v) is 0. The monoisotopic (exact) mass is 192 g/mol. The highest BCUT2D eigenvalue weighted by Gasteiger charge is 1.84. The normalized spacial score (nSPS) is 7.55. The van der Waals surface area contributed by atoms with Crippen molar-refractivity contribution in [3.05, 3.63) is 0 Å². The summed E-state index contributed by atoms with van der Waals surface area (Å²) >= 11 is 0. The zero-order valence-electron chi connectivity index (χ0n) is 5.89. The van der Waals surface area contributed by atoms with Crippen LogP contribution in [0.3, 0.4) is 0 Å². The van der Waals surface area contributed by atoms with E-state index in [0.29, 0.717) is 0 Å². The summed E-state index contributed by atoms with van der Waals surface area (Å²) < 4.78 is 31.6. The molecule has 8 nitrogen and oxygen atoms in total. The van der Waals surface area contributed by atoms with E-state index in [4.69, 9.17) is 27.4 Å². The van der Waals surface area contributed by atoms with Crippen molar-refractivity contribution in [3.63, 3.8) is 0 Å². The summed E-state index contributed by atoms with van der Waals surface area (Å²) in [6.07, 6.45) is 0. The van der Waals surface area contributed by atoms with Gasteiger partial charge in [0, 0.05) is 6.92 Å². The van der Waals surface area contributed by atoms with Crippen molar-refractivity contribution >= 4 is 16.4 Å². The maximum atomic E-state index is 9.00. The molecule has 0 aliphatic rings. The highest BCUT2D eigenvalue weighted by Crippen LogP contribution is 1.59. The Kier molecular flexibility index (Phi) is 18.9. The number of carboxylic acid groups (broad SMARTS) is 1. The lowest BCUT2D eigenvalue weighted by Gasteiger charge is -1.68. The zero-order chi connectivity index (χ0) is 8.08. The molecule has 0 unspecified atom stereocenters. The Balaban J connectivity index is -0.0000000383. The summed E-state index contributed by atoms with van der Waals surface area (Å²) in [5.74, 6) is -0.833. The van der Waals surface area contributed by atoms with Crippen LogP contribution >= 0.6 is 0 Å². The van der Waals surface area contributed by atoms with Crippen molar-refractivity contribution in [2.24, 2.45) is 0 Å². The molecule has 0 amide bonds. The fraction of sp³-hybridized carbons (Fsp3) is 0.500. The maximum absolute atomic E-state index is 9.00. The van der Waals surface area contributed by atoms with Gasteiger partial charge in [0.25, 0.3) is 5.97 Å². The molecule has 0 atom stereocenters. The molecule has 0 saturated carbocycles. The van der Waals surface area contributed by atoms with E-state index in [1.807, 2.05) is 0 Å². The SMILES string of the molecule is CC(=O)O.N.N.O=S(=O)(O)O. The van der Waals surface area contributed by atoms with E-state index < -0.39 is 16.4 Å². The first kappa shape index (κ1) is 22.5. The van der Waals surface area contributed by atoms with Gasteiger partial charge in [-0.25, -0.2) is 0 Å². The van der Waals surface area contributed by atoms with Crippen molar-refractivity contribution in [1.29, 1.82) is 0 Å². The Morgan fingerprint density at radius 2 is 1.18 bits per heavy atom. The molecule has 0 aromatic carbocycles. The minimum absolute atomic E-state index is 0. The molecule has 72 valence electrons. The Morgan fingerprint density at radius 1 is 1.18 bits per heavy atom. The summed E-state index contributed by atoms with van der Waals surface area (Å²) in [6, 6.07) is 0. The highest BCUT2D eigenvalue weighted by molar-refractivity contribution is 7.79. The average Bonchev–Trinajstić information content (AvgIpc) is 1.19. The predicted molar refractivity (Wildman–Crippen MR) is 37.5 cm³/mol. The average molecular weight is 192 g/mol. The van der Waals surface area contributed by atoms with Gasteiger partial charge in [0.2, 0.25) is 0 Å². The fourth-order valence-electron chi connectivity index (χ4n) is 0. The van der Waals surface area contributed by atoms with Crippen LogP contribution in [0.4, 0.5) is 0 Å². The minimum atomic E-state index is -4.67. The largest absolute Gasteiger partial charge is 0.481 e. The third-order valence-electron chi connectivity index (χ3n) is 0. The Morgan fingerprint density at radius 3 is 1.18 bits per heavy atom. The summed E-state index contributed by atoms with van der Waals surface area (Å²) in [6.45, 7) is 1.08. The Labute approximate surface area is 64.0 Å². The Hall–Kier alpha value is -0.740. The smallest absolute Gasteiger partial charge is 0.394 e. The van der Waals surface area contributed by atoms with Crippen molar-refractivity contribution in [3.8, 4) is 0 Å². The first-order chi connectivity index (χ1) is 3.73. The number of carboxylic acids is 1.